The van der Waals surface area contributed by atoms with Crippen LogP contribution in [0, 0.1) is 29.1 Å². The summed E-state index contributed by atoms with van der Waals surface area (Å²) < 4.78 is 0. The molecule has 0 bridgehead atoms. The molecular weight excluding hydrogens is 424 g/mol. The van der Waals surface area contributed by atoms with Crippen molar-refractivity contribution in [2.75, 3.05) is 6.61 Å². The second-order valence-electron chi connectivity index (χ2n) is 12.0. The van der Waals surface area contributed by atoms with Gasteiger partial charge in [-0.2, -0.15) is 0 Å². The lowest BCUT2D eigenvalue weighted by Gasteiger charge is -2.44. The number of fused-ring (bicyclic) bond motifs is 1. The maximum atomic E-state index is 10.6. The zero-order valence-electron chi connectivity index (χ0n) is 21.8. The lowest BCUT2D eigenvalue weighted by molar-refractivity contribution is 0.0307. The van der Waals surface area contributed by atoms with E-state index < -0.39 is 17.8 Å². The molecule has 0 unspecified atom stereocenters. The fourth-order valence-corrected chi connectivity index (χ4v) is 7.05. The third-order valence-electron chi connectivity index (χ3n) is 9.16. The molecule has 0 aromatic rings. The molecule has 0 radical (unpaired) electrons. The Kier molecular flexibility index (Phi) is 9.06. The molecule has 0 aromatic heterocycles. The van der Waals surface area contributed by atoms with Gasteiger partial charge in [-0.25, -0.2) is 0 Å². The lowest BCUT2D eigenvalue weighted by Crippen LogP contribution is -2.35. The van der Waals surface area contributed by atoms with Gasteiger partial charge in [0.15, 0.2) is 0 Å². The molecule has 7 atom stereocenters. The highest BCUT2D eigenvalue weighted by atomic mass is 16.3. The van der Waals surface area contributed by atoms with Crippen molar-refractivity contribution >= 4 is 0 Å². The molecule has 192 valence electrons. The van der Waals surface area contributed by atoms with Gasteiger partial charge in [-0.3, -0.25) is 0 Å². The molecule has 0 heterocycles. The van der Waals surface area contributed by atoms with E-state index in [1.807, 2.05) is 13.8 Å². The normalized spacial score (nSPS) is 36.9. The standard InChI is InChI=1S/C30H48O4/c1-20(10-13-24(9-7-17-31)29(3,4)34)26-14-15-27-22(8-6-16-30(26,27)5)11-12-23-18-25(32)19-28(33)21(23)2/h10-13,20,24-28,31-34H,2,6-9,14-19H2,1,3-5H3/t20-,24+,25-,26-,27+,28+,30-/m1/s1. The van der Waals surface area contributed by atoms with Gasteiger partial charge in [0, 0.05) is 18.9 Å². The summed E-state index contributed by atoms with van der Waals surface area (Å²) in [7, 11) is 0. The van der Waals surface area contributed by atoms with Gasteiger partial charge in [0.1, 0.15) is 0 Å². The van der Waals surface area contributed by atoms with Crippen LogP contribution in [0.4, 0.5) is 0 Å². The predicted octanol–water partition coefficient (Wildman–Crippen LogP) is 5.48. The fraction of sp³-hybridized carbons (Fsp3) is 0.733. The minimum atomic E-state index is -0.786. The molecule has 4 heteroatoms. The van der Waals surface area contributed by atoms with Crippen molar-refractivity contribution in [1.82, 2.24) is 0 Å². The molecule has 0 aliphatic heterocycles. The Morgan fingerprint density at radius 1 is 1.18 bits per heavy atom. The number of hydrogen-bond donors (Lipinski definition) is 4. The smallest absolute Gasteiger partial charge is 0.0811 e. The van der Waals surface area contributed by atoms with Crippen molar-refractivity contribution in [3.8, 4) is 0 Å². The van der Waals surface area contributed by atoms with E-state index in [1.54, 1.807) is 0 Å². The summed E-state index contributed by atoms with van der Waals surface area (Å²) in [6, 6.07) is 0. The van der Waals surface area contributed by atoms with Crippen LogP contribution in [0.3, 0.4) is 0 Å². The van der Waals surface area contributed by atoms with Gasteiger partial charge in [0.05, 0.1) is 17.8 Å². The van der Waals surface area contributed by atoms with Crippen LogP contribution in [0.1, 0.15) is 85.5 Å². The lowest BCUT2D eigenvalue weighted by atomic mass is 9.61. The average molecular weight is 473 g/mol. The quantitative estimate of drug-likeness (QED) is 0.353. The first-order valence-corrected chi connectivity index (χ1v) is 13.4. The van der Waals surface area contributed by atoms with E-state index in [0.717, 1.165) is 24.0 Å². The van der Waals surface area contributed by atoms with Crippen molar-refractivity contribution in [3.05, 3.63) is 47.6 Å². The van der Waals surface area contributed by atoms with Gasteiger partial charge >= 0.3 is 0 Å². The van der Waals surface area contributed by atoms with Crippen molar-refractivity contribution in [2.24, 2.45) is 29.1 Å². The van der Waals surface area contributed by atoms with Gasteiger partial charge in [-0.1, -0.05) is 50.3 Å². The number of hydrogen-bond acceptors (Lipinski definition) is 4. The fourth-order valence-electron chi connectivity index (χ4n) is 7.05. The highest BCUT2D eigenvalue weighted by Crippen LogP contribution is 2.59. The van der Waals surface area contributed by atoms with E-state index >= 15 is 0 Å². The van der Waals surface area contributed by atoms with E-state index in [-0.39, 0.29) is 17.9 Å². The van der Waals surface area contributed by atoms with E-state index in [0.29, 0.717) is 37.0 Å². The van der Waals surface area contributed by atoms with E-state index in [9.17, 15) is 20.4 Å². The zero-order valence-corrected chi connectivity index (χ0v) is 21.8. The van der Waals surface area contributed by atoms with Crippen molar-refractivity contribution in [2.45, 2.75) is 103 Å². The molecule has 0 spiro atoms. The SMILES string of the molecule is C=C1C(=CC=C2CCC[C@]3(C)[C@@H]([C@H](C)C=C[C@H](CCCO)C(C)(C)O)CC[C@@H]23)C[C@@H](O)C[C@@H]1O. The molecule has 4 N–H and O–H groups in total. The molecule has 3 saturated carbocycles. The maximum Gasteiger partial charge on any atom is 0.0811 e. The summed E-state index contributed by atoms with van der Waals surface area (Å²) in [5.41, 5.74) is 2.74. The van der Waals surface area contributed by atoms with Crippen LogP contribution in [0.5, 0.6) is 0 Å². The molecule has 0 saturated heterocycles. The first kappa shape index (κ1) is 27.4. The van der Waals surface area contributed by atoms with Crippen molar-refractivity contribution in [3.63, 3.8) is 0 Å². The van der Waals surface area contributed by atoms with Gasteiger partial charge < -0.3 is 20.4 Å². The monoisotopic (exact) mass is 472 g/mol. The molecule has 3 aliphatic carbocycles. The van der Waals surface area contributed by atoms with Crippen molar-refractivity contribution in [1.29, 1.82) is 0 Å². The predicted molar refractivity (Wildman–Crippen MR) is 139 cm³/mol. The highest BCUT2D eigenvalue weighted by Gasteiger charge is 2.50. The Hall–Kier alpha value is -1.20. The van der Waals surface area contributed by atoms with E-state index in [4.69, 9.17) is 0 Å². The Labute approximate surface area is 207 Å². The minimum Gasteiger partial charge on any atom is -0.396 e. The Morgan fingerprint density at radius 2 is 1.91 bits per heavy atom. The summed E-state index contributed by atoms with van der Waals surface area (Å²) in [6.45, 7) is 12.8. The van der Waals surface area contributed by atoms with Gasteiger partial charge in [0.25, 0.3) is 0 Å². The minimum absolute atomic E-state index is 0.0508. The van der Waals surface area contributed by atoms with Crippen LogP contribution in [0.15, 0.2) is 47.6 Å². The summed E-state index contributed by atoms with van der Waals surface area (Å²) >= 11 is 0. The van der Waals surface area contributed by atoms with Crippen LogP contribution in [0.2, 0.25) is 0 Å². The molecular formula is C30H48O4. The number of aliphatic hydroxyl groups is 4. The first-order chi connectivity index (χ1) is 16.0. The van der Waals surface area contributed by atoms with Crippen molar-refractivity contribution < 1.29 is 20.4 Å². The molecule has 34 heavy (non-hydrogen) atoms. The van der Waals surface area contributed by atoms with Gasteiger partial charge in [0.2, 0.25) is 0 Å². The zero-order chi connectivity index (χ0) is 25.1. The Morgan fingerprint density at radius 3 is 2.59 bits per heavy atom. The molecule has 3 aliphatic rings. The topological polar surface area (TPSA) is 80.9 Å². The summed E-state index contributed by atoms with van der Waals surface area (Å²) in [4.78, 5) is 0. The summed E-state index contributed by atoms with van der Waals surface area (Å²) in [5, 5.41) is 40.1. The van der Waals surface area contributed by atoms with Crippen LogP contribution in [-0.2, 0) is 0 Å². The van der Waals surface area contributed by atoms with E-state index in [2.05, 4.69) is 44.7 Å². The summed E-state index contributed by atoms with van der Waals surface area (Å²) in [6.07, 6.45) is 16.2. The first-order valence-electron chi connectivity index (χ1n) is 13.4. The number of rotatable bonds is 8. The largest absolute Gasteiger partial charge is 0.396 e. The Bertz CT molecular complexity index is 801. The molecule has 3 rings (SSSR count). The molecule has 0 aromatic carbocycles. The molecule has 3 fully saturated rings. The van der Waals surface area contributed by atoms with Gasteiger partial charge in [-0.05, 0) is 99.5 Å². The van der Waals surface area contributed by atoms with E-state index in [1.165, 1.54) is 31.3 Å². The third kappa shape index (κ3) is 6.13. The van der Waals surface area contributed by atoms with Crippen LogP contribution >= 0.6 is 0 Å². The van der Waals surface area contributed by atoms with Gasteiger partial charge in [-0.15, -0.1) is 0 Å². The summed E-state index contributed by atoms with van der Waals surface area (Å²) in [5.74, 6) is 1.67. The number of aliphatic hydroxyl groups excluding tert-OH is 3. The van der Waals surface area contributed by atoms with Crippen LogP contribution < -0.4 is 0 Å². The second kappa shape index (κ2) is 11.2. The molecule has 0 amide bonds. The highest BCUT2D eigenvalue weighted by molar-refractivity contribution is 5.38. The number of allylic oxidation sites excluding steroid dienone is 4. The third-order valence-corrected chi connectivity index (χ3v) is 9.16. The second-order valence-corrected chi connectivity index (χ2v) is 12.0. The maximum absolute atomic E-state index is 10.6. The van der Waals surface area contributed by atoms with Crippen LogP contribution in [-0.4, -0.2) is 44.8 Å². The Balaban J connectivity index is 1.75. The molecule has 4 nitrogen and oxygen atoms in total. The average Bonchev–Trinajstić information content (AvgIpc) is 3.11. The van der Waals surface area contributed by atoms with Crippen LogP contribution in [0.25, 0.3) is 0 Å².